The molecule has 0 aliphatic heterocycles. The molecule has 0 aliphatic rings. The second-order valence-corrected chi connectivity index (χ2v) is 9.26. The highest BCUT2D eigenvalue weighted by Gasteiger charge is 2.31. The van der Waals surface area contributed by atoms with Gasteiger partial charge in [-0.05, 0) is 54.3 Å². The second-order valence-electron chi connectivity index (χ2n) is 6.15. The number of benzene rings is 2. The molecule has 0 spiro atoms. The van der Waals surface area contributed by atoms with Crippen LogP contribution in [0.5, 0.6) is 0 Å². The Kier molecular flexibility index (Phi) is 5.90. The Bertz CT molecular complexity index is 1100. The van der Waals surface area contributed by atoms with E-state index in [0.717, 1.165) is 12.1 Å². The van der Waals surface area contributed by atoms with Gasteiger partial charge in [-0.3, -0.25) is 4.79 Å². The number of hydrogen-bond acceptors (Lipinski definition) is 4. The Balaban J connectivity index is 1.91. The van der Waals surface area contributed by atoms with E-state index in [1.54, 1.807) is 17.5 Å². The molecule has 0 saturated heterocycles. The van der Waals surface area contributed by atoms with Gasteiger partial charge in [0.25, 0.3) is 5.91 Å². The topological polar surface area (TPSA) is 63.2 Å². The Morgan fingerprint density at radius 1 is 1.07 bits per heavy atom. The van der Waals surface area contributed by atoms with Crippen molar-refractivity contribution in [2.45, 2.75) is 17.1 Å². The summed E-state index contributed by atoms with van der Waals surface area (Å²) in [6.07, 6.45) is 0. The zero-order valence-corrected chi connectivity index (χ0v) is 16.5. The van der Waals surface area contributed by atoms with Crippen molar-refractivity contribution in [1.29, 1.82) is 0 Å². The molecule has 1 amide bonds. The molecular weight excluding hydrogens is 404 g/mol. The third kappa shape index (κ3) is 4.13. The van der Waals surface area contributed by atoms with Crippen molar-refractivity contribution in [3.8, 4) is 0 Å². The van der Waals surface area contributed by atoms with Crippen molar-refractivity contribution in [3.63, 3.8) is 0 Å². The Morgan fingerprint density at radius 3 is 2.46 bits per heavy atom. The summed E-state index contributed by atoms with van der Waals surface area (Å²) in [5.74, 6) is -1.89. The maximum atomic E-state index is 13.8. The van der Waals surface area contributed by atoms with Crippen LogP contribution in [0.2, 0.25) is 0 Å². The quantitative estimate of drug-likeness (QED) is 0.605. The van der Waals surface area contributed by atoms with Gasteiger partial charge in [-0.25, -0.2) is 17.2 Å². The predicted molar refractivity (Wildman–Crippen MR) is 104 cm³/mol. The Hall–Kier alpha value is -2.58. The zero-order valence-electron chi connectivity index (χ0n) is 14.9. The lowest BCUT2D eigenvalue weighted by Crippen LogP contribution is -2.32. The van der Waals surface area contributed by atoms with Gasteiger partial charge >= 0.3 is 0 Å². The zero-order chi connectivity index (χ0) is 20.3. The molecule has 0 saturated carbocycles. The summed E-state index contributed by atoms with van der Waals surface area (Å²) in [5.41, 5.74) is 0.0452. The van der Waals surface area contributed by atoms with Gasteiger partial charge in [0.15, 0.2) is 9.84 Å². The molecule has 1 atom stereocenters. The van der Waals surface area contributed by atoms with Crippen LogP contribution in [0.4, 0.5) is 8.78 Å². The lowest BCUT2D eigenvalue weighted by Gasteiger charge is -2.18. The van der Waals surface area contributed by atoms with Crippen LogP contribution in [-0.2, 0) is 9.84 Å². The van der Waals surface area contributed by atoms with Gasteiger partial charge in [0.2, 0.25) is 0 Å². The summed E-state index contributed by atoms with van der Waals surface area (Å²) in [7, 11) is -3.92. The number of hydrogen-bond donors (Lipinski definition) is 1. The van der Waals surface area contributed by atoms with E-state index in [1.165, 1.54) is 48.6 Å². The van der Waals surface area contributed by atoms with Crippen molar-refractivity contribution >= 4 is 27.1 Å². The third-order valence-corrected chi connectivity index (χ3v) is 7.48. The van der Waals surface area contributed by atoms with Crippen LogP contribution in [0, 0.1) is 18.6 Å². The molecule has 0 radical (unpaired) electrons. The van der Waals surface area contributed by atoms with E-state index in [1.807, 2.05) is 0 Å². The first kappa shape index (κ1) is 20.2. The third-order valence-electron chi connectivity index (χ3n) is 4.26. The van der Waals surface area contributed by atoms with Gasteiger partial charge in [-0.1, -0.05) is 18.2 Å². The highest BCUT2D eigenvalue weighted by atomic mass is 32.2. The van der Waals surface area contributed by atoms with E-state index >= 15 is 0 Å². The number of aryl methyl sites for hydroxylation is 1. The van der Waals surface area contributed by atoms with Crippen LogP contribution in [0.15, 0.2) is 64.9 Å². The average molecular weight is 421 g/mol. The molecular formula is C20H17F2NO3S2. The van der Waals surface area contributed by atoms with Crippen molar-refractivity contribution in [1.82, 2.24) is 5.32 Å². The highest BCUT2D eigenvalue weighted by molar-refractivity contribution is 7.91. The van der Waals surface area contributed by atoms with Gasteiger partial charge in [0, 0.05) is 11.4 Å². The molecule has 0 unspecified atom stereocenters. The van der Waals surface area contributed by atoms with E-state index in [9.17, 15) is 22.0 Å². The monoisotopic (exact) mass is 421 g/mol. The molecule has 0 aliphatic carbocycles. The lowest BCUT2D eigenvalue weighted by molar-refractivity contribution is 0.0949. The van der Waals surface area contributed by atoms with Crippen molar-refractivity contribution in [2.75, 3.05) is 6.54 Å². The number of rotatable bonds is 6. The van der Waals surface area contributed by atoms with E-state index in [4.69, 9.17) is 0 Å². The molecule has 0 bridgehead atoms. The number of carbonyl (C=O) groups is 1. The van der Waals surface area contributed by atoms with E-state index in [0.29, 0.717) is 4.88 Å². The molecule has 28 heavy (non-hydrogen) atoms. The first-order valence-corrected chi connectivity index (χ1v) is 10.8. The van der Waals surface area contributed by atoms with Gasteiger partial charge in [-0.2, -0.15) is 0 Å². The fourth-order valence-electron chi connectivity index (χ4n) is 2.72. The highest BCUT2D eigenvalue weighted by Crippen LogP contribution is 2.32. The van der Waals surface area contributed by atoms with E-state index in [-0.39, 0.29) is 22.6 Å². The SMILES string of the molecule is Cc1cc(S(=O)(=O)[C@H](CNC(=O)c2ccccc2F)c2cccs2)ccc1F. The number of thiophene rings is 1. The molecule has 146 valence electrons. The second kappa shape index (κ2) is 8.20. The van der Waals surface area contributed by atoms with E-state index < -0.39 is 32.6 Å². The van der Waals surface area contributed by atoms with Crippen LogP contribution in [0.3, 0.4) is 0 Å². The Morgan fingerprint density at radius 2 is 1.82 bits per heavy atom. The fourth-order valence-corrected chi connectivity index (χ4v) is 5.59. The minimum atomic E-state index is -3.92. The summed E-state index contributed by atoms with van der Waals surface area (Å²) in [5, 5.41) is 3.16. The standard InChI is InChI=1S/C20H17F2NO3S2/c1-13-11-14(8-9-16(13)21)28(25,26)19(18-7-4-10-27-18)12-23-20(24)15-5-2-3-6-17(15)22/h2-11,19H,12H2,1H3,(H,23,24)/t19-/m1/s1. The van der Waals surface area contributed by atoms with Gasteiger partial charge in [0.1, 0.15) is 16.9 Å². The number of nitrogens with one attached hydrogen (secondary N) is 1. The molecule has 1 aromatic heterocycles. The molecule has 1 N–H and O–H groups in total. The summed E-state index contributed by atoms with van der Waals surface area (Å²) < 4.78 is 53.7. The minimum Gasteiger partial charge on any atom is -0.350 e. The maximum Gasteiger partial charge on any atom is 0.254 e. The Labute approximate surface area is 165 Å². The van der Waals surface area contributed by atoms with Crippen molar-refractivity contribution in [2.24, 2.45) is 0 Å². The maximum absolute atomic E-state index is 13.8. The summed E-state index contributed by atoms with van der Waals surface area (Å²) in [6, 6.07) is 12.4. The molecule has 2 aromatic carbocycles. The van der Waals surface area contributed by atoms with Gasteiger partial charge in [-0.15, -0.1) is 11.3 Å². The number of amides is 1. The number of sulfone groups is 1. The molecule has 8 heteroatoms. The summed E-state index contributed by atoms with van der Waals surface area (Å²) in [4.78, 5) is 12.8. The van der Waals surface area contributed by atoms with Crippen LogP contribution in [0.25, 0.3) is 0 Å². The largest absolute Gasteiger partial charge is 0.350 e. The van der Waals surface area contributed by atoms with Gasteiger partial charge < -0.3 is 5.32 Å². The summed E-state index contributed by atoms with van der Waals surface area (Å²) >= 11 is 1.23. The molecule has 3 aromatic rings. The fraction of sp³-hybridized carbons (Fsp3) is 0.150. The van der Waals surface area contributed by atoms with Crippen LogP contribution in [0.1, 0.15) is 26.0 Å². The first-order valence-electron chi connectivity index (χ1n) is 8.37. The first-order chi connectivity index (χ1) is 13.3. The van der Waals surface area contributed by atoms with Crippen LogP contribution >= 0.6 is 11.3 Å². The van der Waals surface area contributed by atoms with Crippen molar-refractivity contribution in [3.05, 3.63) is 87.6 Å². The molecule has 1 heterocycles. The van der Waals surface area contributed by atoms with Crippen molar-refractivity contribution < 1.29 is 22.0 Å². The summed E-state index contributed by atoms with van der Waals surface area (Å²) in [6.45, 7) is 1.24. The molecule has 0 fully saturated rings. The predicted octanol–water partition coefficient (Wildman–Crippen LogP) is 4.28. The lowest BCUT2D eigenvalue weighted by atomic mass is 10.2. The smallest absolute Gasteiger partial charge is 0.254 e. The van der Waals surface area contributed by atoms with E-state index in [2.05, 4.69) is 5.32 Å². The number of halogens is 2. The minimum absolute atomic E-state index is 0.0371. The van der Waals surface area contributed by atoms with Gasteiger partial charge in [0.05, 0.1) is 10.5 Å². The normalized spacial score (nSPS) is 12.5. The molecule has 4 nitrogen and oxygen atoms in total. The van der Waals surface area contributed by atoms with Crippen LogP contribution < -0.4 is 5.32 Å². The average Bonchev–Trinajstić information content (AvgIpc) is 3.18. The molecule has 3 rings (SSSR count). The van der Waals surface area contributed by atoms with Crippen LogP contribution in [-0.4, -0.2) is 20.9 Å². The number of carbonyl (C=O) groups excluding carboxylic acids is 1.